The van der Waals surface area contributed by atoms with E-state index >= 15 is 4.39 Å². The number of hydrogen-bond donors (Lipinski definition) is 4. The Morgan fingerprint density at radius 1 is 1.12 bits per heavy atom. The Kier molecular flexibility index (Phi) is 5.75. The summed E-state index contributed by atoms with van der Waals surface area (Å²) in [6, 6.07) is 9.41. The molecule has 0 bridgehead atoms. The highest BCUT2D eigenvalue weighted by atomic mass is 19.1. The van der Waals surface area contributed by atoms with Crippen molar-refractivity contribution in [1.82, 2.24) is 4.57 Å². The fraction of sp³-hybridized carbons (Fsp3) is 0.423. The van der Waals surface area contributed by atoms with Crippen LogP contribution in [0, 0.1) is 5.82 Å². The van der Waals surface area contributed by atoms with Gasteiger partial charge in [0.05, 0.1) is 30.2 Å². The van der Waals surface area contributed by atoms with Crippen LogP contribution in [0.25, 0.3) is 10.9 Å². The zero-order valence-corrected chi connectivity index (χ0v) is 19.1. The minimum Gasteiger partial charge on any atom is -0.504 e. The fourth-order valence-corrected chi connectivity index (χ4v) is 4.57. The van der Waals surface area contributed by atoms with E-state index in [1.165, 1.54) is 18.2 Å². The molecule has 1 aliphatic rings. The van der Waals surface area contributed by atoms with Gasteiger partial charge in [-0.25, -0.2) is 4.39 Å². The summed E-state index contributed by atoms with van der Waals surface area (Å²) in [4.78, 5) is 13.2. The largest absolute Gasteiger partial charge is 0.504 e. The Morgan fingerprint density at radius 2 is 1.82 bits per heavy atom. The molecule has 0 radical (unpaired) electrons. The number of Topliss-reactive ketones (excluding diaryl/α,β-unsaturated/α-hetero) is 1. The lowest BCUT2D eigenvalue weighted by Crippen LogP contribution is -2.25. The number of phenols is 2. The van der Waals surface area contributed by atoms with Gasteiger partial charge in [0.2, 0.25) is 0 Å². The molecule has 4 N–H and O–H groups in total. The Balaban J connectivity index is 1.69. The lowest BCUT2D eigenvalue weighted by Gasteiger charge is -2.23. The number of carbonyl (C=O) groups is 1. The third-order valence-corrected chi connectivity index (χ3v) is 6.60. The minimum absolute atomic E-state index is 0.0846. The third kappa shape index (κ3) is 4.23. The molecule has 1 atom stereocenters. The Bertz CT molecular complexity index is 1220. The van der Waals surface area contributed by atoms with E-state index in [9.17, 15) is 25.2 Å². The summed E-state index contributed by atoms with van der Waals surface area (Å²) >= 11 is 0. The van der Waals surface area contributed by atoms with E-state index < -0.39 is 23.9 Å². The summed E-state index contributed by atoms with van der Waals surface area (Å²) in [5, 5.41) is 39.5. The number of ketones is 1. The van der Waals surface area contributed by atoms with E-state index in [0.717, 1.165) is 11.1 Å². The number of hydrogen-bond acceptors (Lipinski definition) is 5. The Morgan fingerprint density at radius 3 is 2.39 bits per heavy atom. The van der Waals surface area contributed by atoms with Gasteiger partial charge < -0.3 is 25.0 Å². The number of nitrogens with zero attached hydrogens (tertiary/aromatic N) is 1. The van der Waals surface area contributed by atoms with Crippen LogP contribution in [-0.2, 0) is 28.6 Å². The number of aliphatic hydroxyl groups excluding tert-OH is 2. The quantitative estimate of drug-likeness (QED) is 0.407. The third-order valence-electron chi connectivity index (χ3n) is 6.60. The molecule has 7 heteroatoms. The first-order valence-corrected chi connectivity index (χ1v) is 11.1. The molecule has 4 rings (SSSR count). The van der Waals surface area contributed by atoms with Crippen molar-refractivity contribution in [2.24, 2.45) is 0 Å². The van der Waals surface area contributed by atoms with Gasteiger partial charge in [-0.2, -0.15) is 0 Å². The highest BCUT2D eigenvalue weighted by molar-refractivity contribution is 5.95. The van der Waals surface area contributed by atoms with Crippen molar-refractivity contribution in [3.8, 4) is 11.5 Å². The van der Waals surface area contributed by atoms with Gasteiger partial charge in [0.25, 0.3) is 0 Å². The minimum atomic E-state index is -0.970. The SMILES string of the molecule is CC(C)(C)c1cc2cc(CC(=O)C3(c4ccc(O)c(O)c4)CC3)c(F)cc2n1C[C@@H](O)CO. The maximum Gasteiger partial charge on any atom is 0.157 e. The van der Waals surface area contributed by atoms with Crippen molar-refractivity contribution in [1.29, 1.82) is 0 Å². The maximum absolute atomic E-state index is 15.2. The average molecular weight is 456 g/mol. The number of halogens is 1. The molecule has 1 fully saturated rings. The van der Waals surface area contributed by atoms with E-state index in [2.05, 4.69) is 0 Å². The number of rotatable bonds is 7. The van der Waals surface area contributed by atoms with Gasteiger partial charge in [-0.05, 0) is 54.3 Å². The average Bonchev–Trinajstić information content (AvgIpc) is 3.48. The molecule has 0 amide bonds. The summed E-state index contributed by atoms with van der Waals surface area (Å²) in [6.07, 6.45) is 0.175. The molecule has 1 aliphatic carbocycles. The number of carbonyl (C=O) groups excluding carboxylic acids is 1. The lowest BCUT2D eigenvalue weighted by atomic mass is 9.87. The zero-order chi connectivity index (χ0) is 24.1. The lowest BCUT2D eigenvalue weighted by molar-refractivity contribution is -0.120. The first-order chi connectivity index (χ1) is 15.5. The number of aliphatic hydroxyl groups is 2. The summed E-state index contributed by atoms with van der Waals surface area (Å²) < 4.78 is 17.0. The van der Waals surface area contributed by atoms with Crippen LogP contribution < -0.4 is 0 Å². The van der Waals surface area contributed by atoms with Gasteiger partial charge in [-0.1, -0.05) is 26.8 Å². The smallest absolute Gasteiger partial charge is 0.157 e. The highest BCUT2D eigenvalue weighted by Crippen LogP contribution is 2.51. The molecule has 2 aromatic carbocycles. The van der Waals surface area contributed by atoms with Gasteiger partial charge in [-0.15, -0.1) is 0 Å². The van der Waals surface area contributed by atoms with Crippen molar-refractivity contribution in [3.63, 3.8) is 0 Å². The zero-order valence-electron chi connectivity index (χ0n) is 19.1. The number of aromatic hydroxyl groups is 2. The number of benzene rings is 2. The van der Waals surface area contributed by atoms with Gasteiger partial charge in [-0.3, -0.25) is 4.79 Å². The maximum atomic E-state index is 15.2. The molecule has 1 heterocycles. The summed E-state index contributed by atoms with van der Waals surface area (Å²) in [7, 11) is 0. The molecule has 1 aromatic heterocycles. The van der Waals surface area contributed by atoms with Crippen LogP contribution in [0.2, 0.25) is 0 Å². The van der Waals surface area contributed by atoms with Crippen LogP contribution in [0.3, 0.4) is 0 Å². The van der Waals surface area contributed by atoms with Crippen LogP contribution in [0.15, 0.2) is 36.4 Å². The molecule has 33 heavy (non-hydrogen) atoms. The fourth-order valence-electron chi connectivity index (χ4n) is 4.57. The molecular formula is C26H30FNO5. The van der Waals surface area contributed by atoms with E-state index in [1.807, 2.05) is 31.4 Å². The summed E-state index contributed by atoms with van der Waals surface area (Å²) in [6.45, 7) is 5.81. The Hall–Kier alpha value is -2.90. The van der Waals surface area contributed by atoms with Crippen molar-refractivity contribution in [2.45, 2.75) is 63.5 Å². The van der Waals surface area contributed by atoms with Crippen LogP contribution in [0.1, 0.15) is 50.4 Å². The van der Waals surface area contributed by atoms with Crippen molar-refractivity contribution < 1.29 is 29.6 Å². The molecule has 0 saturated heterocycles. The molecule has 3 aromatic rings. The summed E-state index contributed by atoms with van der Waals surface area (Å²) in [5.74, 6) is -1.15. The monoisotopic (exact) mass is 455 g/mol. The topological polar surface area (TPSA) is 103 Å². The van der Waals surface area contributed by atoms with E-state index in [4.69, 9.17) is 0 Å². The first kappa shape index (κ1) is 23.3. The number of fused-ring (bicyclic) bond motifs is 1. The van der Waals surface area contributed by atoms with Crippen LogP contribution >= 0.6 is 0 Å². The van der Waals surface area contributed by atoms with E-state index in [0.29, 0.717) is 29.5 Å². The molecule has 0 spiro atoms. The summed E-state index contributed by atoms with van der Waals surface area (Å²) in [5.41, 5.74) is 1.38. The van der Waals surface area contributed by atoms with Crippen molar-refractivity contribution >= 4 is 16.7 Å². The number of aromatic nitrogens is 1. The molecular weight excluding hydrogens is 425 g/mol. The van der Waals surface area contributed by atoms with Gasteiger partial charge in [0, 0.05) is 22.9 Å². The second-order valence-corrected chi connectivity index (χ2v) is 10.1. The second-order valence-electron chi connectivity index (χ2n) is 10.1. The highest BCUT2D eigenvalue weighted by Gasteiger charge is 2.50. The normalized spacial score (nSPS) is 16.2. The molecule has 0 aliphatic heterocycles. The van der Waals surface area contributed by atoms with E-state index in [-0.39, 0.29) is 35.7 Å². The first-order valence-electron chi connectivity index (χ1n) is 11.1. The van der Waals surface area contributed by atoms with Crippen molar-refractivity contribution in [3.05, 3.63) is 59.0 Å². The van der Waals surface area contributed by atoms with Crippen molar-refractivity contribution in [2.75, 3.05) is 6.61 Å². The molecule has 176 valence electrons. The standard InChI is InChI=1S/C26H30FNO5/c1-25(2,3)23-9-16-8-15(19(27)12-20(16)28(23)13-18(30)14-29)10-24(33)26(6-7-26)17-4-5-21(31)22(32)11-17/h4-5,8-9,11-12,18,29-32H,6-7,10,13-14H2,1-3H3/t18-/m1/s1. The van der Waals surface area contributed by atoms with E-state index in [1.54, 1.807) is 12.1 Å². The predicted octanol–water partition coefficient (Wildman–Crippen LogP) is 3.69. The molecule has 6 nitrogen and oxygen atoms in total. The number of phenolic OH excluding ortho intramolecular Hbond substituents is 2. The predicted molar refractivity (Wildman–Crippen MR) is 123 cm³/mol. The van der Waals surface area contributed by atoms with Crippen LogP contribution in [0.5, 0.6) is 11.5 Å². The second kappa shape index (κ2) is 8.15. The molecule has 1 saturated carbocycles. The van der Waals surface area contributed by atoms with Gasteiger partial charge >= 0.3 is 0 Å². The van der Waals surface area contributed by atoms with Gasteiger partial charge in [0.15, 0.2) is 11.5 Å². The molecule has 0 unspecified atom stereocenters. The Labute approximate surface area is 191 Å². The van der Waals surface area contributed by atoms with Crippen LogP contribution in [-0.4, -0.2) is 43.5 Å². The van der Waals surface area contributed by atoms with Gasteiger partial charge in [0.1, 0.15) is 11.6 Å². The van der Waals surface area contributed by atoms with Crippen LogP contribution in [0.4, 0.5) is 4.39 Å².